The van der Waals surface area contributed by atoms with Gasteiger partial charge in [-0.05, 0) is 12.3 Å². The quantitative estimate of drug-likeness (QED) is 0.880. The molecular formula is C14H15FO2. The van der Waals surface area contributed by atoms with E-state index in [1.807, 2.05) is 36.4 Å². The maximum Gasteiger partial charge on any atom is 0.133 e. The minimum atomic E-state index is -0.630. The minimum Gasteiger partial charge on any atom is -0.490 e. The molecule has 0 heterocycles. The number of hydrogen-bond donors (Lipinski definition) is 1. The Kier molecular flexibility index (Phi) is 3.59. The highest BCUT2D eigenvalue weighted by molar-refractivity contribution is 5.89. The summed E-state index contributed by atoms with van der Waals surface area (Å²) >= 11 is 0. The Morgan fingerprint density at radius 2 is 2.00 bits per heavy atom. The molecule has 0 aliphatic rings. The van der Waals surface area contributed by atoms with Gasteiger partial charge in [-0.15, -0.1) is 0 Å². The van der Waals surface area contributed by atoms with Crippen LogP contribution in [0.15, 0.2) is 36.4 Å². The Bertz CT molecular complexity index is 509. The van der Waals surface area contributed by atoms with Gasteiger partial charge in [0.05, 0.1) is 6.10 Å². The van der Waals surface area contributed by atoms with E-state index in [9.17, 15) is 9.50 Å². The molecule has 0 aromatic heterocycles. The Labute approximate surface area is 99.6 Å². The van der Waals surface area contributed by atoms with Gasteiger partial charge in [0.2, 0.25) is 0 Å². The van der Waals surface area contributed by atoms with Gasteiger partial charge in [0, 0.05) is 10.9 Å². The smallest absolute Gasteiger partial charge is 0.133 e. The van der Waals surface area contributed by atoms with Gasteiger partial charge < -0.3 is 9.84 Å². The molecule has 0 fully saturated rings. The van der Waals surface area contributed by atoms with E-state index in [1.54, 1.807) is 6.92 Å². The van der Waals surface area contributed by atoms with Crippen molar-refractivity contribution in [2.75, 3.05) is 13.3 Å². The summed E-state index contributed by atoms with van der Waals surface area (Å²) in [6, 6.07) is 11.5. The molecule has 0 aliphatic heterocycles. The third-order valence-corrected chi connectivity index (χ3v) is 2.68. The lowest BCUT2D eigenvalue weighted by Crippen LogP contribution is -2.04. The molecule has 0 amide bonds. The second-order valence-corrected chi connectivity index (χ2v) is 3.92. The fourth-order valence-corrected chi connectivity index (χ4v) is 1.89. The molecule has 1 N–H and O–H groups in total. The van der Waals surface area contributed by atoms with Crippen LogP contribution >= 0.6 is 0 Å². The Balaban J connectivity index is 2.57. The Morgan fingerprint density at radius 3 is 2.71 bits per heavy atom. The molecule has 17 heavy (non-hydrogen) atoms. The van der Waals surface area contributed by atoms with Crippen LogP contribution in [0.5, 0.6) is 5.75 Å². The Hall–Kier alpha value is -1.61. The predicted octanol–water partition coefficient (Wildman–Crippen LogP) is 3.24. The molecule has 0 aliphatic carbocycles. The van der Waals surface area contributed by atoms with E-state index >= 15 is 0 Å². The van der Waals surface area contributed by atoms with Crippen molar-refractivity contribution < 1.29 is 14.2 Å². The third-order valence-electron chi connectivity index (χ3n) is 2.68. The van der Waals surface area contributed by atoms with E-state index in [0.29, 0.717) is 11.3 Å². The zero-order valence-corrected chi connectivity index (χ0v) is 9.69. The lowest BCUT2D eigenvalue weighted by Gasteiger charge is -2.15. The second kappa shape index (κ2) is 5.15. The zero-order valence-electron chi connectivity index (χ0n) is 9.69. The van der Waals surface area contributed by atoms with Crippen molar-refractivity contribution in [3.05, 3.63) is 42.0 Å². The molecule has 1 atom stereocenters. The summed E-state index contributed by atoms with van der Waals surface area (Å²) in [6.45, 7) is 1.14. The van der Waals surface area contributed by atoms with Crippen LogP contribution < -0.4 is 4.74 Å². The molecule has 0 saturated carbocycles. The molecule has 0 spiro atoms. The number of alkyl halides is 1. The van der Waals surface area contributed by atoms with Crippen LogP contribution in [0.3, 0.4) is 0 Å². The van der Waals surface area contributed by atoms with E-state index in [2.05, 4.69) is 0 Å². The van der Waals surface area contributed by atoms with Gasteiger partial charge in [0.15, 0.2) is 0 Å². The SMILES string of the molecule is C[C@@H](O)c1ccc2ccccc2c1OCCF. The zero-order chi connectivity index (χ0) is 12.3. The molecule has 2 rings (SSSR count). The summed E-state index contributed by atoms with van der Waals surface area (Å²) in [7, 11) is 0. The number of benzene rings is 2. The number of aliphatic hydroxyl groups is 1. The van der Waals surface area contributed by atoms with Crippen LogP contribution in [-0.2, 0) is 0 Å². The lowest BCUT2D eigenvalue weighted by molar-refractivity contribution is 0.190. The van der Waals surface area contributed by atoms with Crippen molar-refractivity contribution in [3.8, 4) is 5.75 Å². The van der Waals surface area contributed by atoms with Gasteiger partial charge in [-0.1, -0.05) is 36.4 Å². The summed E-state index contributed by atoms with van der Waals surface area (Å²) in [5, 5.41) is 11.6. The molecule has 90 valence electrons. The molecule has 2 aromatic rings. The fraction of sp³-hybridized carbons (Fsp3) is 0.286. The van der Waals surface area contributed by atoms with E-state index in [0.717, 1.165) is 10.8 Å². The number of hydrogen-bond acceptors (Lipinski definition) is 2. The topological polar surface area (TPSA) is 29.5 Å². The van der Waals surface area contributed by atoms with Crippen LogP contribution in [0.2, 0.25) is 0 Å². The van der Waals surface area contributed by atoms with Gasteiger partial charge in [0.25, 0.3) is 0 Å². The molecule has 0 bridgehead atoms. The van der Waals surface area contributed by atoms with E-state index < -0.39 is 12.8 Å². The van der Waals surface area contributed by atoms with Crippen molar-refractivity contribution in [1.82, 2.24) is 0 Å². The summed E-state index contributed by atoms with van der Waals surface area (Å²) in [6.07, 6.45) is -0.630. The summed E-state index contributed by atoms with van der Waals surface area (Å²) in [5.74, 6) is 0.579. The monoisotopic (exact) mass is 234 g/mol. The van der Waals surface area contributed by atoms with Gasteiger partial charge in [-0.3, -0.25) is 0 Å². The number of rotatable bonds is 4. The van der Waals surface area contributed by atoms with E-state index in [-0.39, 0.29) is 6.61 Å². The average molecular weight is 234 g/mol. The van der Waals surface area contributed by atoms with Crippen molar-refractivity contribution in [2.24, 2.45) is 0 Å². The second-order valence-electron chi connectivity index (χ2n) is 3.92. The van der Waals surface area contributed by atoms with Crippen molar-refractivity contribution in [2.45, 2.75) is 13.0 Å². The number of fused-ring (bicyclic) bond motifs is 1. The first kappa shape index (κ1) is 11.9. The first-order valence-corrected chi connectivity index (χ1v) is 5.62. The van der Waals surface area contributed by atoms with Crippen LogP contribution in [-0.4, -0.2) is 18.4 Å². The number of halogens is 1. The Morgan fingerprint density at radius 1 is 1.24 bits per heavy atom. The highest BCUT2D eigenvalue weighted by atomic mass is 19.1. The van der Waals surface area contributed by atoms with Crippen molar-refractivity contribution in [1.29, 1.82) is 0 Å². The third kappa shape index (κ3) is 2.39. The molecule has 0 radical (unpaired) electrons. The summed E-state index contributed by atoms with van der Waals surface area (Å²) < 4.78 is 17.7. The van der Waals surface area contributed by atoms with Gasteiger partial charge in [0.1, 0.15) is 19.0 Å². The molecule has 2 nitrogen and oxygen atoms in total. The first-order chi connectivity index (χ1) is 8.24. The molecular weight excluding hydrogens is 219 g/mol. The number of ether oxygens (including phenoxy) is 1. The van der Waals surface area contributed by atoms with E-state index in [1.165, 1.54) is 0 Å². The average Bonchev–Trinajstić information content (AvgIpc) is 2.35. The highest BCUT2D eigenvalue weighted by Crippen LogP contribution is 2.33. The molecule has 2 aromatic carbocycles. The largest absolute Gasteiger partial charge is 0.490 e. The predicted molar refractivity (Wildman–Crippen MR) is 66.1 cm³/mol. The maximum absolute atomic E-state index is 12.2. The summed E-state index contributed by atoms with van der Waals surface area (Å²) in [4.78, 5) is 0. The van der Waals surface area contributed by atoms with Gasteiger partial charge in [-0.2, -0.15) is 0 Å². The van der Waals surface area contributed by atoms with Crippen molar-refractivity contribution >= 4 is 10.8 Å². The van der Waals surface area contributed by atoms with E-state index in [4.69, 9.17) is 4.74 Å². The normalized spacial score (nSPS) is 12.6. The fourth-order valence-electron chi connectivity index (χ4n) is 1.89. The highest BCUT2D eigenvalue weighted by Gasteiger charge is 2.12. The molecule has 3 heteroatoms. The van der Waals surface area contributed by atoms with Crippen LogP contribution in [0.25, 0.3) is 10.8 Å². The standard InChI is InChI=1S/C14H15FO2/c1-10(16)12-7-6-11-4-2-3-5-13(11)14(12)17-9-8-15/h2-7,10,16H,8-9H2,1H3/t10-/m1/s1. The van der Waals surface area contributed by atoms with Crippen LogP contribution in [0.1, 0.15) is 18.6 Å². The molecule has 0 saturated heterocycles. The van der Waals surface area contributed by atoms with Crippen LogP contribution in [0.4, 0.5) is 4.39 Å². The molecule has 0 unspecified atom stereocenters. The van der Waals surface area contributed by atoms with Crippen LogP contribution in [0, 0.1) is 0 Å². The number of aliphatic hydroxyl groups excluding tert-OH is 1. The maximum atomic E-state index is 12.2. The van der Waals surface area contributed by atoms with Crippen molar-refractivity contribution in [3.63, 3.8) is 0 Å². The van der Waals surface area contributed by atoms with Gasteiger partial charge >= 0.3 is 0 Å². The first-order valence-electron chi connectivity index (χ1n) is 5.62. The summed E-state index contributed by atoms with van der Waals surface area (Å²) in [5.41, 5.74) is 0.692. The minimum absolute atomic E-state index is 0.00767. The van der Waals surface area contributed by atoms with Gasteiger partial charge in [-0.25, -0.2) is 4.39 Å². The lowest BCUT2D eigenvalue weighted by atomic mass is 10.0.